The third-order valence-corrected chi connectivity index (χ3v) is 4.54. The Labute approximate surface area is 139 Å². The summed E-state index contributed by atoms with van der Waals surface area (Å²) in [6, 6.07) is 11.4. The molecule has 2 rings (SSSR count). The van der Waals surface area contributed by atoms with Crippen LogP contribution in [0, 0.1) is 0 Å². The number of hydrogen-bond acceptors (Lipinski definition) is 1. The molecule has 0 aliphatic carbocycles. The van der Waals surface area contributed by atoms with Crippen LogP contribution in [0.5, 0.6) is 5.75 Å². The third-order valence-electron chi connectivity index (χ3n) is 2.58. The molecule has 2 aromatic carbocycles. The highest BCUT2D eigenvalue weighted by atomic mass is 79.9. The van der Waals surface area contributed by atoms with Crippen LogP contribution in [0.2, 0.25) is 10.0 Å². The Morgan fingerprint density at radius 1 is 1.05 bits per heavy atom. The van der Waals surface area contributed by atoms with Gasteiger partial charge in [0.15, 0.2) is 0 Å². The first kappa shape index (κ1) is 15.2. The van der Waals surface area contributed by atoms with Crippen molar-refractivity contribution in [3.63, 3.8) is 0 Å². The van der Waals surface area contributed by atoms with Gasteiger partial charge in [-0.15, -0.1) is 0 Å². The van der Waals surface area contributed by atoms with Crippen molar-refractivity contribution in [3.8, 4) is 5.75 Å². The number of benzene rings is 2. The van der Waals surface area contributed by atoms with E-state index in [9.17, 15) is 0 Å². The second kappa shape index (κ2) is 6.98. The van der Waals surface area contributed by atoms with E-state index in [0.29, 0.717) is 16.7 Å². The van der Waals surface area contributed by atoms with Crippen LogP contribution >= 0.6 is 55.1 Å². The summed E-state index contributed by atoms with van der Waals surface area (Å²) in [6.45, 7) is 0.390. The molecule has 0 fully saturated rings. The van der Waals surface area contributed by atoms with Gasteiger partial charge in [0.05, 0.1) is 10.0 Å². The maximum Gasteiger partial charge on any atom is 0.123 e. The molecule has 2 aromatic rings. The molecule has 0 N–H and O–H groups in total. The van der Waals surface area contributed by atoms with Crippen LogP contribution in [0.4, 0.5) is 0 Å². The summed E-state index contributed by atoms with van der Waals surface area (Å²) in [4.78, 5) is 0. The summed E-state index contributed by atoms with van der Waals surface area (Å²) in [7, 11) is 0. The van der Waals surface area contributed by atoms with Crippen LogP contribution in [0.3, 0.4) is 0 Å². The first-order chi connectivity index (χ1) is 9.11. The van der Waals surface area contributed by atoms with Crippen molar-refractivity contribution in [2.24, 2.45) is 0 Å². The van der Waals surface area contributed by atoms with Crippen molar-refractivity contribution in [1.29, 1.82) is 0 Å². The highest BCUT2D eigenvalue weighted by molar-refractivity contribution is 9.10. The summed E-state index contributed by atoms with van der Waals surface area (Å²) < 4.78 is 6.83. The van der Waals surface area contributed by atoms with Crippen molar-refractivity contribution >= 4 is 55.1 Å². The second-order valence-corrected chi connectivity index (χ2v) is 6.15. The lowest BCUT2D eigenvalue weighted by Crippen LogP contribution is -1.98. The quantitative estimate of drug-likeness (QED) is 0.528. The highest BCUT2D eigenvalue weighted by Gasteiger charge is 2.07. The minimum absolute atomic E-state index is 0.390. The van der Waals surface area contributed by atoms with E-state index >= 15 is 0 Å². The zero-order chi connectivity index (χ0) is 13.8. The maximum atomic E-state index is 6.13. The van der Waals surface area contributed by atoms with Crippen LogP contribution in [0.15, 0.2) is 40.9 Å². The van der Waals surface area contributed by atoms with Crippen molar-refractivity contribution in [2.75, 3.05) is 0 Å². The van der Waals surface area contributed by atoms with E-state index < -0.39 is 0 Å². The molecule has 0 atom stereocenters. The van der Waals surface area contributed by atoms with E-state index in [4.69, 9.17) is 27.9 Å². The summed E-state index contributed by atoms with van der Waals surface area (Å²) in [5, 5.41) is 1.81. The van der Waals surface area contributed by atoms with Gasteiger partial charge in [0.2, 0.25) is 0 Å². The average molecular weight is 425 g/mol. The van der Waals surface area contributed by atoms with Gasteiger partial charge in [0.1, 0.15) is 12.4 Å². The molecule has 0 aliphatic heterocycles. The Morgan fingerprint density at radius 2 is 1.84 bits per heavy atom. The molecular formula is C14H10Br2Cl2O. The van der Waals surface area contributed by atoms with Crippen LogP contribution in [-0.4, -0.2) is 0 Å². The van der Waals surface area contributed by atoms with Gasteiger partial charge >= 0.3 is 0 Å². The lowest BCUT2D eigenvalue weighted by molar-refractivity contribution is 0.304. The molecule has 0 aliphatic rings. The monoisotopic (exact) mass is 422 g/mol. The second-order valence-electron chi connectivity index (χ2n) is 3.89. The van der Waals surface area contributed by atoms with E-state index in [1.807, 2.05) is 30.3 Å². The smallest absolute Gasteiger partial charge is 0.123 e. The first-order valence-electron chi connectivity index (χ1n) is 5.52. The fraction of sp³-hybridized carbons (Fsp3) is 0.143. The molecule has 0 radical (unpaired) electrons. The van der Waals surface area contributed by atoms with E-state index in [1.165, 1.54) is 0 Å². The van der Waals surface area contributed by atoms with Crippen molar-refractivity contribution in [1.82, 2.24) is 0 Å². The molecule has 0 saturated carbocycles. The fourth-order valence-electron chi connectivity index (χ4n) is 1.61. The van der Waals surface area contributed by atoms with Gasteiger partial charge in [-0.25, -0.2) is 0 Å². The molecule has 5 heteroatoms. The molecule has 1 nitrogen and oxygen atoms in total. The van der Waals surface area contributed by atoms with Gasteiger partial charge in [-0.1, -0.05) is 67.2 Å². The normalized spacial score (nSPS) is 10.5. The molecule has 0 bridgehead atoms. The molecule has 0 aromatic heterocycles. The van der Waals surface area contributed by atoms with Crippen LogP contribution in [-0.2, 0) is 11.9 Å². The van der Waals surface area contributed by atoms with Crippen molar-refractivity contribution < 1.29 is 4.74 Å². The number of halogens is 4. The van der Waals surface area contributed by atoms with E-state index in [0.717, 1.165) is 26.7 Å². The standard InChI is InChI=1S/C14H10Br2Cl2O/c15-7-10-6-11(16)4-5-13(10)19-8-9-2-1-3-12(17)14(9)18/h1-6H,7-8H2. The maximum absolute atomic E-state index is 6.13. The summed E-state index contributed by atoms with van der Waals surface area (Å²) in [5.74, 6) is 0.830. The number of ether oxygens (including phenoxy) is 1. The van der Waals surface area contributed by atoms with Gasteiger partial charge in [0.25, 0.3) is 0 Å². The Kier molecular flexibility index (Phi) is 5.58. The molecular weight excluding hydrogens is 415 g/mol. The molecule has 0 unspecified atom stereocenters. The van der Waals surface area contributed by atoms with Crippen molar-refractivity contribution in [2.45, 2.75) is 11.9 Å². The van der Waals surface area contributed by atoms with E-state index in [1.54, 1.807) is 6.07 Å². The Hall–Kier alpha value is -0.220. The minimum atomic E-state index is 0.390. The predicted molar refractivity (Wildman–Crippen MR) is 87.6 cm³/mol. The highest BCUT2D eigenvalue weighted by Crippen LogP contribution is 2.29. The lowest BCUT2D eigenvalue weighted by atomic mass is 10.2. The SMILES string of the molecule is Clc1cccc(COc2ccc(Br)cc2CBr)c1Cl. The fourth-order valence-corrected chi connectivity index (χ4v) is 2.83. The van der Waals surface area contributed by atoms with Gasteiger partial charge in [0, 0.05) is 20.9 Å². The zero-order valence-corrected chi connectivity index (χ0v) is 14.5. The Bertz CT molecular complexity index is 588. The van der Waals surface area contributed by atoms with E-state index in [2.05, 4.69) is 31.9 Å². The third kappa shape index (κ3) is 3.88. The lowest BCUT2D eigenvalue weighted by Gasteiger charge is -2.12. The Morgan fingerprint density at radius 3 is 2.58 bits per heavy atom. The number of rotatable bonds is 4. The van der Waals surface area contributed by atoms with Gasteiger partial charge in [-0.2, -0.15) is 0 Å². The van der Waals surface area contributed by atoms with Gasteiger partial charge in [-0.05, 0) is 24.3 Å². The molecule has 0 spiro atoms. The minimum Gasteiger partial charge on any atom is -0.489 e. The van der Waals surface area contributed by atoms with E-state index in [-0.39, 0.29) is 0 Å². The first-order valence-corrected chi connectivity index (χ1v) is 8.19. The van der Waals surface area contributed by atoms with Gasteiger partial charge < -0.3 is 4.74 Å². The molecule has 0 saturated heterocycles. The number of alkyl halides is 1. The van der Waals surface area contributed by atoms with Crippen LogP contribution in [0.25, 0.3) is 0 Å². The number of hydrogen-bond donors (Lipinski definition) is 0. The summed E-state index contributed by atoms with van der Waals surface area (Å²) in [6.07, 6.45) is 0. The van der Waals surface area contributed by atoms with Crippen LogP contribution < -0.4 is 4.74 Å². The van der Waals surface area contributed by atoms with Gasteiger partial charge in [-0.3, -0.25) is 0 Å². The topological polar surface area (TPSA) is 9.23 Å². The zero-order valence-electron chi connectivity index (χ0n) is 9.80. The predicted octanol–water partition coefficient (Wildman–Crippen LogP) is 6.23. The molecule has 0 heterocycles. The molecule has 100 valence electrons. The van der Waals surface area contributed by atoms with Crippen LogP contribution in [0.1, 0.15) is 11.1 Å². The summed E-state index contributed by atoms with van der Waals surface area (Å²) >= 11 is 19.0. The average Bonchev–Trinajstić information content (AvgIpc) is 2.41. The Balaban J connectivity index is 2.17. The van der Waals surface area contributed by atoms with Crippen molar-refractivity contribution in [3.05, 3.63) is 62.0 Å². The molecule has 19 heavy (non-hydrogen) atoms. The summed E-state index contributed by atoms with van der Waals surface area (Å²) in [5.41, 5.74) is 1.95. The largest absolute Gasteiger partial charge is 0.489 e. The molecule has 0 amide bonds.